The van der Waals surface area contributed by atoms with E-state index in [0.29, 0.717) is 12.0 Å². The highest BCUT2D eigenvalue weighted by atomic mass is 32.1. The zero-order valence-electron chi connectivity index (χ0n) is 15.5. The highest BCUT2D eigenvalue weighted by Gasteiger charge is 2.60. The third-order valence-corrected chi connectivity index (χ3v) is 7.45. The molecule has 3 saturated heterocycles. The Morgan fingerprint density at radius 2 is 2.04 bits per heavy atom. The van der Waals surface area contributed by atoms with Gasteiger partial charge in [0.15, 0.2) is 0 Å². The van der Waals surface area contributed by atoms with Crippen LogP contribution in [0.15, 0.2) is 24.3 Å². The fourth-order valence-corrected chi connectivity index (χ4v) is 6.00. The number of nitrogens with one attached hydrogen (secondary N) is 1. The summed E-state index contributed by atoms with van der Waals surface area (Å²) < 4.78 is 6.90. The normalized spacial score (nSPS) is 28.7. The number of benzene rings is 1. The van der Waals surface area contributed by atoms with Crippen LogP contribution in [0.2, 0.25) is 0 Å². The number of carbonyl (C=O) groups excluding carboxylic acids is 1. The summed E-state index contributed by atoms with van der Waals surface area (Å²) in [6.07, 6.45) is 5.11. The molecule has 4 heterocycles. The Morgan fingerprint density at radius 3 is 2.73 bits per heavy atom. The van der Waals surface area contributed by atoms with Crippen LogP contribution >= 0.6 is 11.3 Å². The van der Waals surface area contributed by atoms with Gasteiger partial charge in [-0.3, -0.25) is 9.69 Å². The lowest BCUT2D eigenvalue weighted by Crippen LogP contribution is -2.65. The van der Waals surface area contributed by atoms with Crippen molar-refractivity contribution >= 4 is 27.3 Å². The third kappa shape index (κ3) is 2.64. The smallest absolute Gasteiger partial charge is 0.261 e. The van der Waals surface area contributed by atoms with E-state index in [4.69, 9.17) is 4.74 Å². The maximum Gasteiger partial charge on any atom is 0.261 e. The number of carbonyl (C=O) groups is 1. The average molecular weight is 371 g/mol. The number of piperidine rings is 3. The molecule has 6 rings (SSSR count). The summed E-state index contributed by atoms with van der Waals surface area (Å²) in [5, 5.41) is 4.54. The van der Waals surface area contributed by atoms with Crippen molar-refractivity contribution in [2.45, 2.75) is 57.2 Å². The van der Waals surface area contributed by atoms with Crippen LogP contribution < -0.4 is 10.1 Å². The Balaban J connectivity index is 1.37. The molecule has 1 amide bonds. The van der Waals surface area contributed by atoms with Crippen LogP contribution in [-0.4, -0.2) is 41.6 Å². The van der Waals surface area contributed by atoms with Crippen LogP contribution in [0.4, 0.5) is 0 Å². The number of hydrogen-bond acceptors (Lipinski definition) is 4. The minimum atomic E-state index is 0.0996. The molecule has 26 heavy (non-hydrogen) atoms. The summed E-state index contributed by atoms with van der Waals surface area (Å²) in [6.45, 7) is 6.50. The SMILES string of the molecule is CC(C)Oc1ccc2cc(C(=O)N[C@H]3C4CCN(CC4)C34CC4)sc2c1. The fraction of sp³-hybridized carbons (Fsp3) is 0.571. The summed E-state index contributed by atoms with van der Waals surface area (Å²) in [4.78, 5) is 16.4. The van der Waals surface area contributed by atoms with E-state index in [2.05, 4.69) is 16.3 Å². The van der Waals surface area contributed by atoms with Crippen LogP contribution in [0.3, 0.4) is 0 Å². The van der Waals surface area contributed by atoms with Crippen LogP contribution in [0.1, 0.15) is 49.2 Å². The lowest BCUT2D eigenvalue weighted by molar-refractivity contribution is -0.00138. The van der Waals surface area contributed by atoms with Gasteiger partial charge < -0.3 is 10.1 Å². The standard InChI is InChI=1S/C21H26N2O2S/c1-13(2)25-16-4-3-15-11-18(26-17(15)12-16)20(24)22-19-14-5-9-23(10-6-14)21(19)7-8-21/h3-4,11-14,19H,5-10H2,1-2H3,(H,22,24)/t19-/m0/s1. The average Bonchev–Trinajstić information content (AvgIpc) is 3.28. The van der Waals surface area contributed by atoms with E-state index in [-0.39, 0.29) is 17.6 Å². The Morgan fingerprint density at radius 1 is 1.27 bits per heavy atom. The number of fused-ring (bicyclic) bond motifs is 3. The van der Waals surface area contributed by atoms with Crippen molar-refractivity contribution < 1.29 is 9.53 Å². The quantitative estimate of drug-likeness (QED) is 0.883. The van der Waals surface area contributed by atoms with E-state index in [9.17, 15) is 4.79 Å². The van der Waals surface area contributed by atoms with E-state index in [0.717, 1.165) is 20.7 Å². The number of amides is 1. The molecule has 1 saturated carbocycles. The number of nitrogens with zero attached hydrogens (tertiary/aromatic N) is 1. The Hall–Kier alpha value is -1.59. The van der Waals surface area contributed by atoms with Crippen molar-refractivity contribution in [1.82, 2.24) is 10.2 Å². The van der Waals surface area contributed by atoms with Gasteiger partial charge in [0.05, 0.1) is 17.0 Å². The van der Waals surface area contributed by atoms with Crippen molar-refractivity contribution in [1.29, 1.82) is 0 Å². The molecule has 3 aliphatic heterocycles. The molecular formula is C21H26N2O2S. The summed E-state index contributed by atoms with van der Waals surface area (Å²) >= 11 is 1.57. The maximum atomic E-state index is 13.0. The van der Waals surface area contributed by atoms with Gasteiger partial charge in [0.25, 0.3) is 5.91 Å². The first-order chi connectivity index (χ1) is 12.5. The largest absolute Gasteiger partial charge is 0.491 e. The maximum absolute atomic E-state index is 13.0. The molecule has 4 fully saturated rings. The van der Waals surface area contributed by atoms with Crippen LogP contribution in [0, 0.1) is 5.92 Å². The van der Waals surface area contributed by atoms with Gasteiger partial charge in [-0.25, -0.2) is 0 Å². The molecular weight excluding hydrogens is 344 g/mol. The van der Waals surface area contributed by atoms with Gasteiger partial charge in [-0.05, 0) is 88.2 Å². The minimum Gasteiger partial charge on any atom is -0.491 e. The molecule has 2 bridgehead atoms. The number of ether oxygens (including phenoxy) is 1. The van der Waals surface area contributed by atoms with E-state index < -0.39 is 0 Å². The molecule has 1 N–H and O–H groups in total. The van der Waals surface area contributed by atoms with Gasteiger partial charge in [-0.1, -0.05) is 0 Å². The highest BCUT2D eigenvalue weighted by molar-refractivity contribution is 7.20. The van der Waals surface area contributed by atoms with Gasteiger partial charge in [0.2, 0.25) is 0 Å². The highest BCUT2D eigenvalue weighted by Crippen LogP contribution is 2.53. The second-order valence-corrected chi connectivity index (χ2v) is 9.44. The Kier molecular flexibility index (Phi) is 3.80. The Bertz CT molecular complexity index is 847. The summed E-state index contributed by atoms with van der Waals surface area (Å²) in [7, 11) is 0. The molecule has 1 aromatic carbocycles. The summed E-state index contributed by atoms with van der Waals surface area (Å²) in [5.74, 6) is 1.63. The zero-order chi connectivity index (χ0) is 17.9. The minimum absolute atomic E-state index is 0.0996. The molecule has 1 atom stereocenters. The second-order valence-electron chi connectivity index (χ2n) is 8.36. The molecule has 4 nitrogen and oxygen atoms in total. The second kappa shape index (κ2) is 5.96. The van der Waals surface area contributed by atoms with Gasteiger partial charge in [0.1, 0.15) is 5.75 Å². The van der Waals surface area contributed by atoms with E-state index in [1.807, 2.05) is 32.0 Å². The number of rotatable bonds is 4. The molecule has 138 valence electrons. The number of hydrogen-bond donors (Lipinski definition) is 1. The topological polar surface area (TPSA) is 41.6 Å². The van der Waals surface area contributed by atoms with Crippen molar-refractivity contribution in [3.63, 3.8) is 0 Å². The van der Waals surface area contributed by atoms with Crippen LogP contribution in [0.25, 0.3) is 10.1 Å². The molecule has 2 aromatic rings. The van der Waals surface area contributed by atoms with Crippen molar-refractivity contribution in [3.05, 3.63) is 29.1 Å². The van der Waals surface area contributed by atoms with Crippen LogP contribution in [0.5, 0.6) is 5.75 Å². The van der Waals surface area contributed by atoms with Crippen molar-refractivity contribution in [3.8, 4) is 5.75 Å². The predicted octanol–water partition coefficient (Wildman–Crippen LogP) is 4.05. The molecule has 1 aliphatic carbocycles. The van der Waals surface area contributed by atoms with E-state index in [1.165, 1.54) is 38.8 Å². The first kappa shape index (κ1) is 16.6. The summed E-state index contributed by atoms with van der Waals surface area (Å²) in [5.41, 5.74) is 0.284. The molecule has 0 radical (unpaired) electrons. The van der Waals surface area contributed by atoms with Crippen molar-refractivity contribution in [2.24, 2.45) is 5.92 Å². The lowest BCUT2D eigenvalue weighted by atomic mass is 9.77. The van der Waals surface area contributed by atoms with Gasteiger partial charge >= 0.3 is 0 Å². The van der Waals surface area contributed by atoms with E-state index >= 15 is 0 Å². The molecule has 1 aromatic heterocycles. The van der Waals surface area contributed by atoms with E-state index in [1.54, 1.807) is 11.3 Å². The zero-order valence-corrected chi connectivity index (χ0v) is 16.3. The molecule has 5 heteroatoms. The molecule has 1 spiro atoms. The van der Waals surface area contributed by atoms with Crippen molar-refractivity contribution in [2.75, 3.05) is 13.1 Å². The molecule has 0 unspecified atom stereocenters. The number of thiophene rings is 1. The van der Waals surface area contributed by atoms with Gasteiger partial charge in [-0.2, -0.15) is 0 Å². The van der Waals surface area contributed by atoms with Gasteiger partial charge in [0, 0.05) is 10.2 Å². The molecule has 4 aliphatic rings. The first-order valence-electron chi connectivity index (χ1n) is 9.81. The monoisotopic (exact) mass is 370 g/mol. The lowest BCUT2D eigenvalue weighted by Gasteiger charge is -2.52. The van der Waals surface area contributed by atoms with Crippen LogP contribution in [-0.2, 0) is 0 Å². The van der Waals surface area contributed by atoms with Gasteiger partial charge in [-0.15, -0.1) is 11.3 Å². The first-order valence-corrected chi connectivity index (χ1v) is 10.6. The predicted molar refractivity (Wildman–Crippen MR) is 105 cm³/mol. The Labute approximate surface area is 158 Å². The summed E-state index contributed by atoms with van der Waals surface area (Å²) in [6, 6.07) is 8.45. The third-order valence-electron chi connectivity index (χ3n) is 6.36. The fourth-order valence-electron chi connectivity index (χ4n) is 5.00.